The van der Waals surface area contributed by atoms with E-state index in [1.165, 1.54) is 0 Å². The largest absolute Gasteiger partial charge is 0.449 e. The first-order chi connectivity index (χ1) is 10.2. The van der Waals surface area contributed by atoms with Crippen LogP contribution in [0.3, 0.4) is 0 Å². The highest BCUT2D eigenvalue weighted by molar-refractivity contribution is 7.98. The molecule has 3 aromatic rings. The lowest BCUT2D eigenvalue weighted by Gasteiger charge is -2.06. The minimum atomic E-state index is -0.248. The number of H-pyrrole nitrogens is 1. The highest BCUT2D eigenvalue weighted by Crippen LogP contribution is 2.25. The zero-order chi connectivity index (χ0) is 14.8. The summed E-state index contributed by atoms with van der Waals surface area (Å²) >= 11 is 1.64. The molecular weight excluding hydrogens is 288 g/mol. The van der Waals surface area contributed by atoms with Crippen molar-refractivity contribution in [1.29, 1.82) is 0 Å². The number of hydrogen-bond donors (Lipinski definition) is 2. The van der Waals surface area contributed by atoms with Crippen molar-refractivity contribution in [3.63, 3.8) is 0 Å². The molecule has 21 heavy (non-hydrogen) atoms. The van der Waals surface area contributed by atoms with Crippen LogP contribution in [0.2, 0.25) is 0 Å². The van der Waals surface area contributed by atoms with Gasteiger partial charge in [-0.25, -0.2) is 4.98 Å². The highest BCUT2D eigenvalue weighted by atomic mass is 32.2. The quantitative estimate of drug-likeness (QED) is 0.757. The van der Waals surface area contributed by atoms with Gasteiger partial charge in [0.2, 0.25) is 5.58 Å². The Morgan fingerprint density at radius 3 is 3.05 bits per heavy atom. The van der Waals surface area contributed by atoms with Crippen molar-refractivity contribution >= 4 is 33.8 Å². The van der Waals surface area contributed by atoms with Crippen molar-refractivity contribution in [2.45, 2.75) is 12.7 Å². The second kappa shape index (κ2) is 5.91. The average molecular weight is 304 g/mol. The molecule has 2 aromatic heterocycles. The van der Waals surface area contributed by atoms with E-state index in [1.54, 1.807) is 11.8 Å². The van der Waals surface area contributed by atoms with Crippen LogP contribution in [-0.2, 0) is 5.75 Å². The third-order valence-corrected chi connectivity index (χ3v) is 4.52. The number of furan rings is 1. The molecule has 110 valence electrons. The van der Waals surface area contributed by atoms with E-state index in [2.05, 4.69) is 9.97 Å². The van der Waals surface area contributed by atoms with Gasteiger partial charge in [0.25, 0.3) is 5.56 Å². The van der Waals surface area contributed by atoms with Crippen LogP contribution in [-0.4, -0.2) is 27.4 Å². The number of aliphatic hydroxyl groups excluding tert-OH is 1. The number of fused-ring (bicyclic) bond motifs is 3. The van der Waals surface area contributed by atoms with Crippen molar-refractivity contribution < 1.29 is 9.52 Å². The Balaban J connectivity index is 1.94. The molecule has 0 spiro atoms. The van der Waals surface area contributed by atoms with Crippen LogP contribution >= 0.6 is 11.8 Å². The summed E-state index contributed by atoms with van der Waals surface area (Å²) in [4.78, 5) is 19.4. The SMILES string of the molecule is CC(CO)CSCc1nc2c(oc3ccccc32)c(=O)[nH]1. The number of benzene rings is 1. The standard InChI is InChI=1S/C15H16N2O3S/c1-9(6-18)7-21-8-12-16-13-10-4-2-3-5-11(10)20-14(13)15(19)17-12/h2-5,9,18H,6-8H2,1H3,(H,16,17,19). The van der Waals surface area contributed by atoms with Crippen LogP contribution in [0.25, 0.3) is 22.1 Å². The Bertz CT molecular complexity index is 825. The summed E-state index contributed by atoms with van der Waals surface area (Å²) in [6, 6.07) is 7.50. The van der Waals surface area contributed by atoms with E-state index in [0.717, 1.165) is 11.1 Å². The maximum atomic E-state index is 12.1. The normalized spacial score (nSPS) is 13.0. The van der Waals surface area contributed by atoms with E-state index in [4.69, 9.17) is 9.52 Å². The van der Waals surface area contributed by atoms with E-state index in [0.29, 0.717) is 22.7 Å². The number of rotatable bonds is 5. The summed E-state index contributed by atoms with van der Waals surface area (Å²) < 4.78 is 5.55. The molecule has 1 atom stereocenters. The molecule has 0 bridgehead atoms. The number of aromatic amines is 1. The molecule has 0 amide bonds. The van der Waals surface area contributed by atoms with E-state index in [9.17, 15) is 4.79 Å². The first kappa shape index (κ1) is 14.2. The molecule has 1 unspecified atom stereocenters. The lowest BCUT2D eigenvalue weighted by molar-refractivity contribution is 0.250. The van der Waals surface area contributed by atoms with E-state index >= 15 is 0 Å². The fourth-order valence-electron chi connectivity index (χ4n) is 2.13. The number of aromatic nitrogens is 2. The fourth-order valence-corrected chi connectivity index (χ4v) is 3.08. The van der Waals surface area contributed by atoms with Gasteiger partial charge in [0.1, 0.15) is 16.9 Å². The molecule has 2 N–H and O–H groups in total. The lowest BCUT2D eigenvalue weighted by Crippen LogP contribution is -2.11. The van der Waals surface area contributed by atoms with Crippen molar-refractivity contribution in [2.75, 3.05) is 12.4 Å². The summed E-state index contributed by atoms with van der Waals surface area (Å²) in [7, 11) is 0. The second-order valence-corrected chi connectivity index (χ2v) is 6.12. The van der Waals surface area contributed by atoms with Crippen LogP contribution in [0, 0.1) is 5.92 Å². The average Bonchev–Trinajstić information content (AvgIpc) is 2.87. The maximum Gasteiger partial charge on any atom is 0.294 e. The Morgan fingerprint density at radius 1 is 1.43 bits per heavy atom. The summed E-state index contributed by atoms with van der Waals surface area (Å²) in [6.45, 7) is 2.15. The number of aliphatic hydroxyl groups is 1. The Kier molecular flexibility index (Phi) is 3.98. The molecular formula is C15H16N2O3S. The van der Waals surface area contributed by atoms with Crippen molar-refractivity contribution in [3.05, 3.63) is 40.4 Å². The van der Waals surface area contributed by atoms with Gasteiger partial charge >= 0.3 is 0 Å². The Morgan fingerprint density at radius 2 is 2.24 bits per heavy atom. The molecule has 3 rings (SSSR count). The van der Waals surface area contributed by atoms with Crippen LogP contribution in [0.15, 0.2) is 33.5 Å². The molecule has 0 aliphatic rings. The molecule has 0 saturated carbocycles. The van der Waals surface area contributed by atoms with Gasteiger partial charge in [-0.3, -0.25) is 4.79 Å². The molecule has 5 nitrogen and oxygen atoms in total. The molecule has 1 aromatic carbocycles. The fraction of sp³-hybridized carbons (Fsp3) is 0.333. The third-order valence-electron chi connectivity index (χ3n) is 3.23. The topological polar surface area (TPSA) is 79.1 Å². The zero-order valence-corrected chi connectivity index (χ0v) is 12.4. The highest BCUT2D eigenvalue weighted by Gasteiger charge is 2.12. The molecule has 0 saturated heterocycles. The van der Waals surface area contributed by atoms with Gasteiger partial charge in [0.05, 0.1) is 5.75 Å². The van der Waals surface area contributed by atoms with E-state index < -0.39 is 0 Å². The minimum absolute atomic E-state index is 0.169. The molecule has 0 aliphatic carbocycles. The van der Waals surface area contributed by atoms with Crippen LogP contribution in [0.4, 0.5) is 0 Å². The summed E-state index contributed by atoms with van der Waals surface area (Å²) in [6.07, 6.45) is 0. The van der Waals surface area contributed by atoms with Crippen LogP contribution < -0.4 is 5.56 Å². The minimum Gasteiger partial charge on any atom is -0.449 e. The monoisotopic (exact) mass is 304 g/mol. The number of nitrogens with one attached hydrogen (secondary N) is 1. The number of para-hydroxylation sites is 1. The van der Waals surface area contributed by atoms with Crippen molar-refractivity contribution in [3.8, 4) is 0 Å². The smallest absolute Gasteiger partial charge is 0.294 e. The van der Waals surface area contributed by atoms with Gasteiger partial charge < -0.3 is 14.5 Å². The van der Waals surface area contributed by atoms with Crippen molar-refractivity contribution in [2.24, 2.45) is 5.92 Å². The first-order valence-electron chi connectivity index (χ1n) is 6.78. The Labute approximate surface area is 125 Å². The van der Waals surface area contributed by atoms with E-state index in [-0.39, 0.29) is 23.7 Å². The predicted molar refractivity (Wildman–Crippen MR) is 84.5 cm³/mol. The Hall–Kier alpha value is -1.79. The van der Waals surface area contributed by atoms with Gasteiger partial charge in [0.15, 0.2) is 0 Å². The van der Waals surface area contributed by atoms with Crippen molar-refractivity contribution in [1.82, 2.24) is 9.97 Å². The molecule has 0 fully saturated rings. The zero-order valence-electron chi connectivity index (χ0n) is 11.6. The number of hydrogen-bond acceptors (Lipinski definition) is 5. The van der Waals surface area contributed by atoms with Gasteiger partial charge in [-0.2, -0.15) is 11.8 Å². The summed E-state index contributed by atoms with van der Waals surface area (Å²) in [5.74, 6) is 2.30. The van der Waals surface area contributed by atoms with Gasteiger partial charge in [-0.15, -0.1) is 0 Å². The molecule has 2 heterocycles. The number of thioether (sulfide) groups is 1. The number of nitrogens with zero attached hydrogens (tertiary/aromatic N) is 1. The molecule has 0 radical (unpaired) electrons. The summed E-state index contributed by atoms with van der Waals surface area (Å²) in [5, 5.41) is 9.86. The van der Waals surface area contributed by atoms with Crippen LogP contribution in [0.1, 0.15) is 12.7 Å². The second-order valence-electron chi connectivity index (χ2n) is 5.09. The first-order valence-corrected chi connectivity index (χ1v) is 7.93. The lowest BCUT2D eigenvalue weighted by atomic mass is 10.2. The maximum absolute atomic E-state index is 12.1. The summed E-state index contributed by atoms with van der Waals surface area (Å²) in [5.41, 5.74) is 1.31. The van der Waals surface area contributed by atoms with Gasteiger partial charge in [0, 0.05) is 12.0 Å². The van der Waals surface area contributed by atoms with E-state index in [1.807, 2.05) is 31.2 Å². The van der Waals surface area contributed by atoms with Gasteiger partial charge in [-0.1, -0.05) is 19.1 Å². The van der Waals surface area contributed by atoms with Crippen LogP contribution in [0.5, 0.6) is 0 Å². The molecule has 0 aliphatic heterocycles. The third kappa shape index (κ3) is 2.82. The predicted octanol–water partition coefficient (Wildman–Crippen LogP) is 2.53. The molecule has 6 heteroatoms. The van der Waals surface area contributed by atoms with Gasteiger partial charge in [-0.05, 0) is 23.8 Å².